The molecular weight excluding hydrogens is 416 g/mol. The van der Waals surface area contributed by atoms with Crippen molar-refractivity contribution < 1.29 is 22.8 Å². The highest BCUT2D eigenvalue weighted by molar-refractivity contribution is 6.36. The topological polar surface area (TPSA) is 40.6 Å². The average Bonchev–Trinajstić information content (AvgIpc) is 2.66. The van der Waals surface area contributed by atoms with Crippen LogP contribution in [0.4, 0.5) is 13.2 Å². The second-order valence-corrected chi connectivity index (χ2v) is 7.10. The maximum absolute atomic E-state index is 13.2. The Morgan fingerprint density at radius 3 is 1.89 bits per heavy atom. The largest absolute Gasteiger partial charge is 0.417 e. The van der Waals surface area contributed by atoms with Gasteiger partial charge in [0.25, 0.3) is 11.8 Å². The van der Waals surface area contributed by atoms with Crippen molar-refractivity contribution in [2.75, 3.05) is 26.2 Å². The second-order valence-electron chi connectivity index (χ2n) is 6.25. The molecule has 9 heteroatoms. The molecule has 1 saturated heterocycles. The Balaban J connectivity index is 1.71. The Morgan fingerprint density at radius 1 is 0.821 bits per heavy atom. The number of benzene rings is 2. The van der Waals surface area contributed by atoms with Crippen LogP contribution in [0.2, 0.25) is 10.0 Å². The van der Waals surface area contributed by atoms with E-state index in [9.17, 15) is 22.8 Å². The first kappa shape index (κ1) is 20.5. The minimum absolute atomic E-state index is 0.127. The van der Waals surface area contributed by atoms with Gasteiger partial charge < -0.3 is 9.80 Å². The van der Waals surface area contributed by atoms with E-state index in [1.165, 1.54) is 34.1 Å². The molecule has 0 spiro atoms. The van der Waals surface area contributed by atoms with Crippen LogP contribution in [-0.2, 0) is 6.18 Å². The zero-order valence-electron chi connectivity index (χ0n) is 14.5. The van der Waals surface area contributed by atoms with Crippen molar-refractivity contribution in [3.05, 3.63) is 69.2 Å². The monoisotopic (exact) mass is 430 g/mol. The molecule has 0 N–H and O–H groups in total. The Hall–Kier alpha value is -2.25. The number of hydrogen-bond donors (Lipinski definition) is 0. The maximum Gasteiger partial charge on any atom is 0.417 e. The van der Waals surface area contributed by atoms with Gasteiger partial charge in [0.05, 0.1) is 21.7 Å². The molecule has 2 aromatic rings. The fourth-order valence-electron chi connectivity index (χ4n) is 3.03. The van der Waals surface area contributed by atoms with Crippen molar-refractivity contribution in [2.24, 2.45) is 0 Å². The molecule has 1 aliphatic heterocycles. The first-order valence-electron chi connectivity index (χ1n) is 8.38. The van der Waals surface area contributed by atoms with Crippen LogP contribution < -0.4 is 0 Å². The number of halogens is 5. The molecule has 1 heterocycles. The number of hydrogen-bond acceptors (Lipinski definition) is 2. The maximum atomic E-state index is 13.2. The lowest BCUT2D eigenvalue weighted by atomic mass is 10.1. The van der Waals surface area contributed by atoms with Crippen LogP contribution in [-0.4, -0.2) is 47.8 Å². The highest BCUT2D eigenvalue weighted by Gasteiger charge is 2.36. The third-order valence-corrected chi connectivity index (χ3v) is 5.03. The van der Waals surface area contributed by atoms with Crippen LogP contribution in [0.25, 0.3) is 0 Å². The lowest BCUT2D eigenvalue weighted by molar-refractivity contribution is -0.138. The fourth-order valence-corrected chi connectivity index (χ4v) is 3.52. The molecule has 0 aliphatic carbocycles. The van der Waals surface area contributed by atoms with Crippen LogP contribution >= 0.6 is 23.2 Å². The van der Waals surface area contributed by atoms with Gasteiger partial charge in [-0.2, -0.15) is 13.2 Å². The summed E-state index contributed by atoms with van der Waals surface area (Å²) < 4.78 is 39.5. The Morgan fingerprint density at radius 2 is 1.36 bits per heavy atom. The summed E-state index contributed by atoms with van der Waals surface area (Å²) in [6, 6.07) is 9.21. The van der Waals surface area contributed by atoms with Crippen molar-refractivity contribution in [2.45, 2.75) is 6.18 Å². The van der Waals surface area contributed by atoms with E-state index >= 15 is 0 Å². The Bertz CT molecular complexity index is 910. The number of amides is 2. The van der Waals surface area contributed by atoms with Crippen molar-refractivity contribution >= 4 is 35.0 Å². The van der Waals surface area contributed by atoms with Gasteiger partial charge in [-0.15, -0.1) is 0 Å². The first-order chi connectivity index (χ1) is 13.2. The van der Waals surface area contributed by atoms with E-state index in [2.05, 4.69) is 0 Å². The summed E-state index contributed by atoms with van der Waals surface area (Å²) in [5.41, 5.74) is -1.07. The summed E-state index contributed by atoms with van der Waals surface area (Å²) in [5.74, 6) is -1.02. The molecule has 3 rings (SSSR count). The van der Waals surface area contributed by atoms with Gasteiger partial charge in [0.2, 0.25) is 0 Å². The van der Waals surface area contributed by atoms with Gasteiger partial charge in [-0.05, 0) is 30.3 Å². The average molecular weight is 431 g/mol. The minimum atomic E-state index is -4.62. The van der Waals surface area contributed by atoms with Crippen LogP contribution in [0.15, 0.2) is 42.5 Å². The minimum Gasteiger partial charge on any atom is -0.335 e. The Kier molecular flexibility index (Phi) is 5.86. The molecule has 1 aliphatic rings. The van der Waals surface area contributed by atoms with Gasteiger partial charge in [-0.3, -0.25) is 9.59 Å². The van der Waals surface area contributed by atoms with Gasteiger partial charge in [-0.25, -0.2) is 0 Å². The van der Waals surface area contributed by atoms with Gasteiger partial charge in [0.15, 0.2) is 0 Å². The lowest BCUT2D eigenvalue weighted by Crippen LogP contribution is -2.50. The molecule has 0 saturated carbocycles. The molecule has 0 bridgehead atoms. The van der Waals surface area contributed by atoms with E-state index in [1.54, 1.807) is 6.07 Å². The quantitative estimate of drug-likeness (QED) is 0.697. The summed E-state index contributed by atoms with van der Waals surface area (Å²) >= 11 is 11.9. The van der Waals surface area contributed by atoms with Crippen LogP contribution in [0.3, 0.4) is 0 Å². The number of rotatable bonds is 2. The molecule has 0 aromatic heterocycles. The second kappa shape index (κ2) is 8.01. The van der Waals surface area contributed by atoms with Crippen molar-refractivity contribution in [1.82, 2.24) is 9.80 Å². The van der Waals surface area contributed by atoms with Gasteiger partial charge in [-0.1, -0.05) is 35.3 Å². The van der Waals surface area contributed by atoms with E-state index in [1.807, 2.05) is 0 Å². The molecule has 28 heavy (non-hydrogen) atoms. The van der Waals surface area contributed by atoms with E-state index < -0.39 is 23.2 Å². The van der Waals surface area contributed by atoms with Crippen molar-refractivity contribution in [3.63, 3.8) is 0 Å². The molecule has 0 atom stereocenters. The van der Waals surface area contributed by atoms with Gasteiger partial charge >= 0.3 is 6.18 Å². The Labute approximate surface area is 169 Å². The SMILES string of the molecule is O=C(c1ccc(Cl)cc1Cl)N1CCN(C(=O)c2ccccc2C(F)(F)F)CC1. The summed E-state index contributed by atoms with van der Waals surface area (Å²) in [6.07, 6.45) is -4.62. The van der Waals surface area contributed by atoms with E-state index in [4.69, 9.17) is 23.2 Å². The highest BCUT2D eigenvalue weighted by Crippen LogP contribution is 2.32. The van der Waals surface area contributed by atoms with Crippen molar-refractivity contribution in [1.29, 1.82) is 0 Å². The van der Waals surface area contributed by atoms with Gasteiger partial charge in [0.1, 0.15) is 0 Å². The molecule has 0 radical (unpaired) electrons. The summed E-state index contributed by atoms with van der Waals surface area (Å²) in [4.78, 5) is 28.0. The number of carbonyl (C=O) groups is 2. The molecule has 0 unspecified atom stereocenters. The van der Waals surface area contributed by atoms with E-state index in [-0.39, 0.29) is 42.7 Å². The summed E-state index contributed by atoms with van der Waals surface area (Å²) in [5, 5.41) is 0.621. The molecular formula is C19H15Cl2F3N2O2. The smallest absolute Gasteiger partial charge is 0.335 e. The third kappa shape index (κ3) is 4.25. The predicted molar refractivity (Wildman–Crippen MR) is 99.7 cm³/mol. The third-order valence-electron chi connectivity index (χ3n) is 4.48. The zero-order chi connectivity index (χ0) is 20.5. The summed E-state index contributed by atoms with van der Waals surface area (Å²) in [6.45, 7) is 0.638. The fraction of sp³-hybridized carbons (Fsp3) is 0.263. The number of nitrogens with zero attached hydrogens (tertiary/aromatic N) is 2. The van der Waals surface area contributed by atoms with E-state index in [0.717, 1.165) is 12.1 Å². The standard InChI is InChI=1S/C19H15Cl2F3N2O2/c20-12-5-6-14(16(21)11-12)18(28)26-9-7-25(8-10-26)17(27)13-3-1-2-4-15(13)19(22,23)24/h1-6,11H,7-10H2. The van der Waals surface area contributed by atoms with Crippen LogP contribution in [0.5, 0.6) is 0 Å². The molecule has 4 nitrogen and oxygen atoms in total. The normalized spacial score (nSPS) is 14.9. The number of piperazine rings is 1. The molecule has 2 amide bonds. The molecule has 2 aromatic carbocycles. The number of alkyl halides is 3. The molecule has 1 fully saturated rings. The summed E-state index contributed by atoms with van der Waals surface area (Å²) in [7, 11) is 0. The van der Waals surface area contributed by atoms with Gasteiger partial charge in [0, 0.05) is 31.2 Å². The number of carbonyl (C=O) groups excluding carboxylic acids is 2. The van der Waals surface area contributed by atoms with Crippen LogP contribution in [0, 0.1) is 0 Å². The zero-order valence-corrected chi connectivity index (χ0v) is 16.0. The molecule has 148 valence electrons. The lowest BCUT2D eigenvalue weighted by Gasteiger charge is -2.35. The first-order valence-corrected chi connectivity index (χ1v) is 9.14. The van der Waals surface area contributed by atoms with E-state index in [0.29, 0.717) is 5.02 Å². The van der Waals surface area contributed by atoms with Crippen molar-refractivity contribution in [3.8, 4) is 0 Å². The van der Waals surface area contributed by atoms with Crippen LogP contribution in [0.1, 0.15) is 26.3 Å². The highest BCUT2D eigenvalue weighted by atomic mass is 35.5. The predicted octanol–water partition coefficient (Wildman–Crippen LogP) is 4.61.